The van der Waals surface area contributed by atoms with Gasteiger partial charge in [-0.15, -0.1) is 0 Å². The summed E-state index contributed by atoms with van der Waals surface area (Å²) in [6.07, 6.45) is 2.23. The summed E-state index contributed by atoms with van der Waals surface area (Å²) in [6, 6.07) is 14.5. The van der Waals surface area contributed by atoms with Crippen molar-refractivity contribution in [1.29, 1.82) is 0 Å². The molecule has 120 valence electrons. The third-order valence-corrected chi connectivity index (χ3v) is 4.77. The summed E-state index contributed by atoms with van der Waals surface area (Å²) in [5.41, 5.74) is 10.6. The van der Waals surface area contributed by atoms with Crippen LogP contribution in [0.2, 0.25) is 5.02 Å². The lowest BCUT2D eigenvalue weighted by Gasteiger charge is -2.49. The van der Waals surface area contributed by atoms with Gasteiger partial charge in [-0.3, -0.25) is 0 Å². The van der Waals surface area contributed by atoms with Crippen LogP contribution in [0.3, 0.4) is 0 Å². The molecule has 2 aromatic carbocycles. The van der Waals surface area contributed by atoms with Crippen molar-refractivity contribution in [3.05, 3.63) is 53.1 Å². The van der Waals surface area contributed by atoms with E-state index in [0.717, 1.165) is 47.6 Å². The molecule has 0 atom stereocenters. The normalized spacial score (nSPS) is 16.0. The van der Waals surface area contributed by atoms with Crippen molar-refractivity contribution in [1.82, 2.24) is 0 Å². The van der Waals surface area contributed by atoms with Crippen molar-refractivity contribution in [2.75, 3.05) is 18.0 Å². The van der Waals surface area contributed by atoms with E-state index in [4.69, 9.17) is 17.3 Å². The zero-order valence-electron chi connectivity index (χ0n) is 13.3. The summed E-state index contributed by atoms with van der Waals surface area (Å²) in [5, 5.41) is 0.766. The van der Waals surface area contributed by atoms with Crippen LogP contribution in [0.1, 0.15) is 18.4 Å². The monoisotopic (exact) mass is 328 g/mol. The number of carbonyl (C=O) groups is 1. The summed E-state index contributed by atoms with van der Waals surface area (Å²) >= 11 is 6.30. The van der Waals surface area contributed by atoms with Crippen LogP contribution in [0.4, 0.5) is 5.69 Å². The van der Waals surface area contributed by atoms with Gasteiger partial charge in [0.05, 0.1) is 5.54 Å². The molecule has 0 bridgehead atoms. The molecule has 3 rings (SSSR count). The lowest BCUT2D eigenvalue weighted by Crippen LogP contribution is -2.67. The van der Waals surface area contributed by atoms with Gasteiger partial charge in [0.15, 0.2) is 0 Å². The molecule has 2 N–H and O–H groups in total. The number of anilines is 1. The fourth-order valence-electron chi connectivity index (χ4n) is 3.11. The minimum Gasteiger partial charge on any atom is -0.368 e. The fraction of sp³-hybridized carbons (Fsp3) is 0.316. The Morgan fingerprint density at radius 3 is 2.57 bits per heavy atom. The average Bonchev–Trinajstić information content (AvgIpc) is 2.53. The highest BCUT2D eigenvalue weighted by atomic mass is 35.5. The summed E-state index contributed by atoms with van der Waals surface area (Å²) in [4.78, 5) is 12.7. The van der Waals surface area contributed by atoms with Crippen LogP contribution in [0, 0.1) is 6.92 Å². The number of benzene rings is 2. The molecule has 1 heterocycles. The van der Waals surface area contributed by atoms with E-state index < -0.39 is 0 Å². The topological polar surface area (TPSA) is 46.3 Å². The minimum atomic E-state index is -0.223. The molecule has 0 radical (unpaired) electrons. The number of hydrogen-bond donors (Lipinski definition) is 1. The standard InChI is InChI=1S/C19H21ClN2O/c1-14-3-8-18(20)17(11-14)15-4-6-16(7-5-15)22-12-19(21,13-22)9-2-10-23/h3-8,10-11H,2,9,12-13,21H2,1H3. The van der Waals surface area contributed by atoms with Crippen LogP contribution in [-0.2, 0) is 4.79 Å². The zero-order chi connectivity index (χ0) is 16.4. The Morgan fingerprint density at radius 2 is 1.91 bits per heavy atom. The smallest absolute Gasteiger partial charge is 0.120 e. The van der Waals surface area contributed by atoms with Crippen LogP contribution < -0.4 is 10.6 Å². The Labute approximate surface area is 142 Å². The Bertz CT molecular complexity index is 706. The van der Waals surface area contributed by atoms with Gasteiger partial charge < -0.3 is 15.4 Å². The third-order valence-electron chi connectivity index (χ3n) is 4.44. The number of nitrogens with two attached hydrogens (primary N) is 1. The number of hydrogen-bond acceptors (Lipinski definition) is 3. The molecule has 0 aliphatic carbocycles. The summed E-state index contributed by atoms with van der Waals surface area (Å²) in [7, 11) is 0. The molecule has 1 aliphatic rings. The number of rotatable bonds is 5. The van der Waals surface area contributed by atoms with E-state index in [1.807, 2.05) is 12.1 Å². The molecule has 3 nitrogen and oxygen atoms in total. The van der Waals surface area contributed by atoms with Crippen molar-refractivity contribution in [2.24, 2.45) is 5.73 Å². The molecule has 4 heteroatoms. The second kappa shape index (κ2) is 6.34. The molecular weight excluding hydrogens is 308 g/mol. The predicted octanol–water partition coefficient (Wildman–Crippen LogP) is 3.81. The van der Waals surface area contributed by atoms with Crippen molar-refractivity contribution >= 4 is 23.6 Å². The maximum Gasteiger partial charge on any atom is 0.120 e. The highest BCUT2D eigenvalue weighted by Gasteiger charge is 2.38. The molecule has 23 heavy (non-hydrogen) atoms. The molecule has 2 aromatic rings. The number of nitrogens with zero attached hydrogens (tertiary/aromatic N) is 1. The van der Waals surface area contributed by atoms with Gasteiger partial charge in [0, 0.05) is 35.8 Å². The van der Waals surface area contributed by atoms with Crippen molar-refractivity contribution in [3.8, 4) is 11.1 Å². The number of halogens is 1. The van der Waals surface area contributed by atoms with Crippen molar-refractivity contribution in [3.63, 3.8) is 0 Å². The Balaban J connectivity index is 1.71. The van der Waals surface area contributed by atoms with Gasteiger partial charge in [-0.2, -0.15) is 0 Å². The first kappa shape index (κ1) is 16.0. The molecule has 0 unspecified atom stereocenters. The first-order chi connectivity index (χ1) is 11.0. The van der Waals surface area contributed by atoms with Crippen molar-refractivity contribution < 1.29 is 4.79 Å². The number of carbonyl (C=O) groups excluding carboxylic acids is 1. The van der Waals surface area contributed by atoms with Gasteiger partial charge in [-0.1, -0.05) is 35.4 Å². The quantitative estimate of drug-likeness (QED) is 0.849. The Kier molecular flexibility index (Phi) is 4.42. The molecular formula is C19H21ClN2O. The van der Waals surface area contributed by atoms with Gasteiger partial charge in [0.25, 0.3) is 0 Å². The van der Waals surface area contributed by atoms with Gasteiger partial charge in [-0.05, 0) is 43.2 Å². The van der Waals surface area contributed by atoms with Crippen LogP contribution >= 0.6 is 11.6 Å². The number of aldehydes is 1. The van der Waals surface area contributed by atoms with Gasteiger partial charge >= 0.3 is 0 Å². The summed E-state index contributed by atoms with van der Waals surface area (Å²) in [6.45, 7) is 3.66. The largest absolute Gasteiger partial charge is 0.368 e. The van der Waals surface area contributed by atoms with E-state index in [9.17, 15) is 4.79 Å². The van der Waals surface area contributed by atoms with Crippen molar-refractivity contribution in [2.45, 2.75) is 25.3 Å². The molecule has 0 saturated carbocycles. The van der Waals surface area contributed by atoms with Crippen LogP contribution in [-0.4, -0.2) is 24.9 Å². The van der Waals surface area contributed by atoms with E-state index in [2.05, 4.69) is 42.2 Å². The second-order valence-corrected chi connectivity index (χ2v) is 6.86. The molecule has 0 spiro atoms. The van der Waals surface area contributed by atoms with Gasteiger partial charge in [-0.25, -0.2) is 0 Å². The lowest BCUT2D eigenvalue weighted by atomic mass is 9.86. The van der Waals surface area contributed by atoms with E-state index in [1.165, 1.54) is 5.56 Å². The number of aryl methyl sites for hydroxylation is 1. The predicted molar refractivity (Wildman–Crippen MR) is 96.1 cm³/mol. The fourth-order valence-corrected chi connectivity index (χ4v) is 3.34. The van der Waals surface area contributed by atoms with Crippen LogP contribution in [0.15, 0.2) is 42.5 Å². The van der Waals surface area contributed by atoms with Gasteiger partial charge in [0.2, 0.25) is 0 Å². The zero-order valence-corrected chi connectivity index (χ0v) is 14.0. The molecule has 1 aliphatic heterocycles. The van der Waals surface area contributed by atoms with Gasteiger partial charge in [0.1, 0.15) is 6.29 Å². The molecule has 1 saturated heterocycles. The minimum absolute atomic E-state index is 0.223. The molecule has 1 fully saturated rings. The first-order valence-electron chi connectivity index (χ1n) is 7.85. The molecule has 0 amide bonds. The van der Waals surface area contributed by atoms with E-state index in [-0.39, 0.29) is 5.54 Å². The maximum atomic E-state index is 10.5. The molecule has 0 aromatic heterocycles. The Hall–Kier alpha value is -1.84. The summed E-state index contributed by atoms with van der Waals surface area (Å²) < 4.78 is 0. The SMILES string of the molecule is Cc1ccc(Cl)c(-c2ccc(N3CC(N)(CCC=O)C3)cc2)c1. The van der Waals surface area contributed by atoms with E-state index in [0.29, 0.717) is 6.42 Å². The summed E-state index contributed by atoms with van der Waals surface area (Å²) in [5.74, 6) is 0. The third kappa shape index (κ3) is 3.41. The highest BCUT2D eigenvalue weighted by Crippen LogP contribution is 2.33. The highest BCUT2D eigenvalue weighted by molar-refractivity contribution is 6.33. The second-order valence-electron chi connectivity index (χ2n) is 6.45. The average molecular weight is 329 g/mol. The van der Waals surface area contributed by atoms with E-state index >= 15 is 0 Å². The lowest BCUT2D eigenvalue weighted by molar-refractivity contribution is -0.108. The van der Waals surface area contributed by atoms with E-state index in [1.54, 1.807) is 0 Å². The maximum absolute atomic E-state index is 10.5. The Morgan fingerprint density at radius 1 is 1.22 bits per heavy atom. The van der Waals surface area contributed by atoms with Crippen LogP contribution in [0.25, 0.3) is 11.1 Å². The first-order valence-corrected chi connectivity index (χ1v) is 8.23. The van der Waals surface area contributed by atoms with Crippen LogP contribution in [0.5, 0.6) is 0 Å².